The molecule has 352 valence electrons. The van der Waals surface area contributed by atoms with E-state index < -0.39 is 7.14 Å². The number of aromatic nitrogens is 10. The van der Waals surface area contributed by atoms with Crippen LogP contribution in [0.5, 0.6) is 5.75 Å². The number of nitrogens with zero attached hydrogens (tertiary/aromatic N) is 12. The van der Waals surface area contributed by atoms with Crippen LogP contribution in [0.25, 0.3) is 45.0 Å². The smallest absolute Gasteiger partial charge is 0.228 e. The summed E-state index contributed by atoms with van der Waals surface area (Å²) in [5.41, 5.74) is 7.89. The molecule has 69 heavy (non-hydrogen) atoms. The Bertz CT molecular complexity index is 3100. The Morgan fingerprint density at radius 2 is 1.26 bits per heavy atom. The number of benzene rings is 2. The Hall–Kier alpha value is -7.53. The summed E-state index contributed by atoms with van der Waals surface area (Å²) < 4.78 is 37.6. The zero-order chi connectivity index (χ0) is 47.3. The summed E-state index contributed by atoms with van der Waals surface area (Å²) in [6.07, 6.45) is 11.8. The lowest BCUT2D eigenvalue weighted by Gasteiger charge is -2.33. The minimum absolute atomic E-state index is 0.0254. The highest BCUT2D eigenvalue weighted by Gasteiger charge is 2.34. The number of hydrogen-bond donors (Lipinski definition) is 2. The van der Waals surface area contributed by atoms with Crippen molar-refractivity contribution >= 4 is 47.4 Å². The van der Waals surface area contributed by atoms with Gasteiger partial charge in [0, 0.05) is 99.2 Å². The number of morpholine rings is 1. The maximum Gasteiger partial charge on any atom is 0.228 e. The van der Waals surface area contributed by atoms with Gasteiger partial charge in [0.1, 0.15) is 25.0 Å². The van der Waals surface area contributed by atoms with Crippen LogP contribution >= 0.6 is 7.14 Å². The standard InChI is InChI=1S/C50H53N14O4P/c1-61-22-17-41(59-61)34-8-5-10-36(30-34)43-45(66-3)47(53-38-13-20-51-21-14-38)57-49(55-43)63-24-15-40(16-25-63)68-33-69(4,65)46-44(37-11-6-9-35(31-37)42-18-23-62(2)60-42)56-50(64-26-28-67-29-27-64)58-48(46)54-39-12-7-19-52-32-39/h5-14,17-23,30-32,40H,15-16,24-29,33H2,1-4H3,(H,54,56,58)(H,51,53,55,57). The molecule has 0 amide bonds. The first-order valence-electron chi connectivity index (χ1n) is 22.9. The first-order valence-corrected chi connectivity index (χ1v) is 25.2. The van der Waals surface area contributed by atoms with Gasteiger partial charge in [0.2, 0.25) is 11.9 Å². The summed E-state index contributed by atoms with van der Waals surface area (Å²) in [7, 11) is 2.04. The van der Waals surface area contributed by atoms with Crippen LogP contribution < -0.4 is 30.5 Å². The van der Waals surface area contributed by atoms with Crippen LogP contribution in [0.1, 0.15) is 12.8 Å². The number of aryl methyl sites for hydroxylation is 2. The molecule has 2 aliphatic rings. The molecule has 0 saturated carbocycles. The Kier molecular flexibility index (Phi) is 13.1. The molecule has 2 aromatic carbocycles. The predicted molar refractivity (Wildman–Crippen MR) is 268 cm³/mol. The Labute approximate surface area is 400 Å². The third-order valence-electron chi connectivity index (χ3n) is 12.1. The molecule has 2 aliphatic heterocycles. The molecule has 0 spiro atoms. The molecule has 0 bridgehead atoms. The van der Waals surface area contributed by atoms with Crippen molar-refractivity contribution in [1.82, 2.24) is 49.5 Å². The summed E-state index contributed by atoms with van der Waals surface area (Å²) in [6, 6.07) is 27.6. The summed E-state index contributed by atoms with van der Waals surface area (Å²) in [6.45, 7) is 5.31. The fourth-order valence-electron chi connectivity index (χ4n) is 8.61. The Morgan fingerprint density at radius 1 is 0.667 bits per heavy atom. The van der Waals surface area contributed by atoms with Crippen molar-refractivity contribution in [2.24, 2.45) is 14.1 Å². The monoisotopic (exact) mass is 944 g/mol. The molecule has 0 radical (unpaired) electrons. The molecule has 6 aromatic heterocycles. The summed E-state index contributed by atoms with van der Waals surface area (Å²) in [5.74, 6) is 2.54. The van der Waals surface area contributed by atoms with E-state index in [9.17, 15) is 0 Å². The second kappa shape index (κ2) is 20.0. The Morgan fingerprint density at radius 3 is 1.87 bits per heavy atom. The molecular weight excluding hydrogens is 892 g/mol. The van der Waals surface area contributed by atoms with Crippen LogP contribution in [0, 0.1) is 0 Å². The summed E-state index contributed by atoms with van der Waals surface area (Å²) in [5, 5.41) is 16.7. The van der Waals surface area contributed by atoms with E-state index >= 15 is 4.57 Å². The largest absolute Gasteiger partial charge is 0.491 e. The molecule has 2 fully saturated rings. The number of pyridine rings is 2. The number of methoxy groups -OCH3 is 1. The average molecular weight is 945 g/mol. The lowest BCUT2D eigenvalue weighted by atomic mass is 10.0. The molecule has 10 rings (SSSR count). The van der Waals surface area contributed by atoms with Gasteiger partial charge in [-0.05, 0) is 68.0 Å². The van der Waals surface area contributed by atoms with Gasteiger partial charge in [-0.25, -0.2) is 9.97 Å². The number of ether oxygens (including phenoxy) is 3. The third-order valence-corrected chi connectivity index (χ3v) is 14.1. The van der Waals surface area contributed by atoms with E-state index in [1.165, 1.54) is 0 Å². The van der Waals surface area contributed by atoms with E-state index in [1.807, 2.05) is 105 Å². The maximum absolute atomic E-state index is 15.6. The van der Waals surface area contributed by atoms with Crippen molar-refractivity contribution in [2.45, 2.75) is 18.9 Å². The Balaban J connectivity index is 0.945. The highest BCUT2D eigenvalue weighted by Crippen LogP contribution is 2.47. The number of hydrogen-bond acceptors (Lipinski definition) is 16. The van der Waals surface area contributed by atoms with E-state index in [-0.39, 0.29) is 12.5 Å². The van der Waals surface area contributed by atoms with Gasteiger partial charge in [0.15, 0.2) is 11.6 Å². The lowest BCUT2D eigenvalue weighted by Crippen LogP contribution is -2.39. The highest BCUT2D eigenvalue weighted by molar-refractivity contribution is 7.71. The lowest BCUT2D eigenvalue weighted by molar-refractivity contribution is 0.0666. The minimum Gasteiger partial charge on any atom is -0.491 e. The molecule has 18 nitrogen and oxygen atoms in total. The second-order valence-electron chi connectivity index (χ2n) is 17.1. The molecule has 8 aromatic rings. The summed E-state index contributed by atoms with van der Waals surface area (Å²) in [4.78, 5) is 33.3. The number of rotatable bonds is 15. The van der Waals surface area contributed by atoms with Gasteiger partial charge in [-0.1, -0.05) is 36.4 Å². The fourth-order valence-corrected chi connectivity index (χ4v) is 10.4. The van der Waals surface area contributed by atoms with Crippen LogP contribution in [-0.2, 0) is 28.1 Å². The van der Waals surface area contributed by atoms with Gasteiger partial charge in [0.05, 0.1) is 60.7 Å². The van der Waals surface area contributed by atoms with Crippen LogP contribution in [-0.4, -0.2) is 115 Å². The van der Waals surface area contributed by atoms with Gasteiger partial charge >= 0.3 is 0 Å². The molecule has 1 unspecified atom stereocenters. The SMILES string of the molecule is COc1c(Nc2ccncc2)nc(N2CCC(OCP(C)(=O)c3c(Nc4cccnc4)nc(N4CCOCC4)nc3-c3cccc(-c4ccn(C)n4)c3)CC2)nc1-c1cccc(-c2ccn(C)n2)c1. The topological polar surface area (TPSA) is 188 Å². The van der Waals surface area contributed by atoms with Crippen molar-refractivity contribution in [3.8, 4) is 50.8 Å². The number of nitrogens with one attached hydrogen (secondary N) is 2. The van der Waals surface area contributed by atoms with Crippen molar-refractivity contribution in [3.63, 3.8) is 0 Å². The molecule has 0 aliphatic carbocycles. The van der Waals surface area contributed by atoms with Crippen molar-refractivity contribution < 1.29 is 18.8 Å². The van der Waals surface area contributed by atoms with E-state index in [4.69, 9.17) is 34.1 Å². The predicted octanol–water partition coefficient (Wildman–Crippen LogP) is 7.79. The van der Waals surface area contributed by atoms with E-state index in [1.54, 1.807) is 47.9 Å². The van der Waals surface area contributed by atoms with Crippen molar-refractivity contribution in [1.29, 1.82) is 0 Å². The van der Waals surface area contributed by atoms with Gasteiger partial charge in [-0.15, -0.1) is 0 Å². The molecule has 1 atom stereocenters. The van der Waals surface area contributed by atoms with Crippen LogP contribution in [0.2, 0.25) is 0 Å². The maximum atomic E-state index is 15.6. The van der Waals surface area contributed by atoms with E-state index in [0.717, 1.165) is 39.3 Å². The number of anilines is 6. The zero-order valence-corrected chi connectivity index (χ0v) is 39.8. The fraction of sp³-hybridized carbons (Fsp3) is 0.280. The zero-order valence-electron chi connectivity index (χ0n) is 38.9. The van der Waals surface area contributed by atoms with Gasteiger partial charge < -0.3 is 39.2 Å². The first kappa shape index (κ1) is 45.3. The van der Waals surface area contributed by atoms with Crippen LogP contribution in [0.4, 0.5) is 34.9 Å². The molecule has 8 heterocycles. The molecule has 2 N–H and O–H groups in total. The quantitative estimate of drug-likeness (QED) is 0.0947. The minimum atomic E-state index is -3.38. The molecular formula is C50H53N14O4P. The number of piperidine rings is 1. The van der Waals surface area contributed by atoms with Crippen LogP contribution in [0.3, 0.4) is 0 Å². The van der Waals surface area contributed by atoms with Crippen molar-refractivity contribution in [2.75, 3.05) is 79.9 Å². The first-order chi connectivity index (χ1) is 33.7. The average Bonchev–Trinajstić information content (AvgIpc) is 4.04. The molecule has 2 saturated heterocycles. The third kappa shape index (κ3) is 10.2. The normalized spacial score (nSPS) is 15.2. The highest BCUT2D eigenvalue weighted by atomic mass is 31.2. The molecule has 19 heteroatoms. The van der Waals surface area contributed by atoms with Gasteiger partial charge in [0.25, 0.3) is 0 Å². The van der Waals surface area contributed by atoms with Crippen LogP contribution in [0.15, 0.2) is 122 Å². The van der Waals surface area contributed by atoms with Gasteiger partial charge in [-0.2, -0.15) is 20.2 Å². The second-order valence-corrected chi connectivity index (χ2v) is 20.1. The van der Waals surface area contributed by atoms with E-state index in [2.05, 4.69) is 46.7 Å². The van der Waals surface area contributed by atoms with E-state index in [0.29, 0.717) is 104 Å². The van der Waals surface area contributed by atoms with Crippen molar-refractivity contribution in [3.05, 3.63) is 122 Å². The summed E-state index contributed by atoms with van der Waals surface area (Å²) >= 11 is 0. The van der Waals surface area contributed by atoms with Gasteiger partial charge in [-0.3, -0.25) is 19.3 Å².